The van der Waals surface area contributed by atoms with E-state index in [1.807, 2.05) is 0 Å². The molecule has 0 aliphatic carbocycles. The SMILES string of the molecule is CN(C)S(=O)(=O)c1ccc(C(=O)OCC(=O)Nc2ccc(Cl)c([N+](=O)[O-])c2)cc1. The van der Waals surface area contributed by atoms with Crippen LogP contribution in [0.25, 0.3) is 0 Å². The zero-order valence-corrected chi connectivity index (χ0v) is 16.9. The van der Waals surface area contributed by atoms with E-state index in [4.69, 9.17) is 16.3 Å². The van der Waals surface area contributed by atoms with Gasteiger partial charge in [0.2, 0.25) is 10.0 Å². The van der Waals surface area contributed by atoms with Crippen molar-refractivity contribution in [1.29, 1.82) is 0 Å². The van der Waals surface area contributed by atoms with Crippen LogP contribution in [0, 0.1) is 10.1 Å². The zero-order chi connectivity index (χ0) is 21.8. The molecule has 0 saturated carbocycles. The molecule has 0 saturated heterocycles. The van der Waals surface area contributed by atoms with E-state index in [9.17, 15) is 28.1 Å². The third-order valence-electron chi connectivity index (χ3n) is 3.63. The van der Waals surface area contributed by atoms with Crippen LogP contribution < -0.4 is 5.32 Å². The summed E-state index contributed by atoms with van der Waals surface area (Å²) >= 11 is 5.69. The summed E-state index contributed by atoms with van der Waals surface area (Å²) in [7, 11) is -0.872. The molecule has 0 bridgehead atoms. The lowest BCUT2D eigenvalue weighted by molar-refractivity contribution is -0.384. The van der Waals surface area contributed by atoms with E-state index in [1.165, 1.54) is 50.5 Å². The van der Waals surface area contributed by atoms with Gasteiger partial charge < -0.3 is 10.1 Å². The highest BCUT2D eigenvalue weighted by Crippen LogP contribution is 2.27. The number of rotatable bonds is 7. The predicted octanol–water partition coefficient (Wildman–Crippen LogP) is 2.29. The third kappa shape index (κ3) is 5.50. The van der Waals surface area contributed by atoms with E-state index in [2.05, 4.69) is 5.32 Å². The standard InChI is InChI=1S/C17H16ClN3O7S/c1-20(2)29(26,27)13-6-3-11(4-7-13)17(23)28-10-16(22)19-12-5-8-14(18)15(9-12)21(24)25/h3-9H,10H2,1-2H3,(H,19,22). The second-order valence-electron chi connectivity index (χ2n) is 5.86. The summed E-state index contributed by atoms with van der Waals surface area (Å²) < 4.78 is 29.9. The highest BCUT2D eigenvalue weighted by Gasteiger charge is 2.18. The molecule has 1 amide bonds. The van der Waals surface area contributed by atoms with E-state index in [0.717, 1.165) is 10.4 Å². The Kier molecular flexibility index (Phi) is 6.90. The smallest absolute Gasteiger partial charge is 0.338 e. The monoisotopic (exact) mass is 441 g/mol. The number of hydrogen-bond donors (Lipinski definition) is 1. The molecular weight excluding hydrogens is 426 g/mol. The summed E-state index contributed by atoms with van der Waals surface area (Å²) in [6, 6.07) is 8.71. The van der Waals surface area contributed by atoms with Crippen LogP contribution in [-0.4, -0.2) is 50.2 Å². The van der Waals surface area contributed by atoms with Gasteiger partial charge in [-0.3, -0.25) is 14.9 Å². The van der Waals surface area contributed by atoms with E-state index in [1.54, 1.807) is 0 Å². The molecule has 154 valence electrons. The number of benzene rings is 2. The fourth-order valence-electron chi connectivity index (χ4n) is 2.12. The lowest BCUT2D eigenvalue weighted by Gasteiger charge is -2.11. The number of carbonyl (C=O) groups is 2. The minimum atomic E-state index is -3.63. The van der Waals surface area contributed by atoms with Gasteiger partial charge in [-0.05, 0) is 36.4 Å². The molecule has 0 aromatic heterocycles. The van der Waals surface area contributed by atoms with Crippen LogP contribution in [0.4, 0.5) is 11.4 Å². The molecular formula is C17H16ClN3O7S. The Hall–Kier alpha value is -3.02. The van der Waals surface area contributed by atoms with Crippen molar-refractivity contribution in [2.45, 2.75) is 4.90 Å². The largest absolute Gasteiger partial charge is 0.452 e. The maximum absolute atomic E-state index is 12.0. The van der Waals surface area contributed by atoms with Gasteiger partial charge in [0.25, 0.3) is 11.6 Å². The summed E-state index contributed by atoms with van der Waals surface area (Å²) in [5.41, 5.74) is -0.216. The van der Waals surface area contributed by atoms with Crippen molar-refractivity contribution in [1.82, 2.24) is 4.31 Å². The maximum Gasteiger partial charge on any atom is 0.338 e. The van der Waals surface area contributed by atoms with Crippen molar-refractivity contribution in [2.24, 2.45) is 0 Å². The number of nitrogens with zero attached hydrogens (tertiary/aromatic N) is 2. The van der Waals surface area contributed by atoms with Crippen molar-refractivity contribution in [3.8, 4) is 0 Å². The molecule has 2 aromatic carbocycles. The Balaban J connectivity index is 1.98. The lowest BCUT2D eigenvalue weighted by atomic mass is 10.2. The van der Waals surface area contributed by atoms with Crippen LogP contribution in [0.5, 0.6) is 0 Å². The molecule has 2 rings (SSSR count). The Morgan fingerprint density at radius 1 is 1.17 bits per heavy atom. The fraction of sp³-hybridized carbons (Fsp3) is 0.176. The van der Waals surface area contributed by atoms with Crippen molar-refractivity contribution in [2.75, 3.05) is 26.0 Å². The molecule has 0 fully saturated rings. The number of carbonyl (C=O) groups excluding carboxylic acids is 2. The number of nitro benzene ring substituents is 1. The van der Waals surface area contributed by atoms with E-state index in [0.29, 0.717) is 0 Å². The first kappa shape index (κ1) is 22.3. The molecule has 10 nitrogen and oxygen atoms in total. The zero-order valence-electron chi connectivity index (χ0n) is 15.3. The average Bonchev–Trinajstić information content (AvgIpc) is 2.67. The first-order valence-electron chi connectivity index (χ1n) is 7.96. The average molecular weight is 442 g/mol. The molecule has 12 heteroatoms. The normalized spacial score (nSPS) is 11.2. The third-order valence-corrected chi connectivity index (χ3v) is 5.78. The van der Waals surface area contributed by atoms with Gasteiger partial charge in [-0.15, -0.1) is 0 Å². The van der Waals surface area contributed by atoms with E-state index < -0.39 is 33.4 Å². The number of anilines is 1. The molecule has 0 radical (unpaired) electrons. The van der Waals surface area contributed by atoms with Crippen LogP contribution in [-0.2, 0) is 19.6 Å². The van der Waals surface area contributed by atoms with Crippen LogP contribution in [0.15, 0.2) is 47.4 Å². The van der Waals surface area contributed by atoms with Crippen molar-refractivity contribution >= 4 is 44.9 Å². The summed E-state index contributed by atoms with van der Waals surface area (Å²) in [4.78, 5) is 34.1. The van der Waals surface area contributed by atoms with Gasteiger partial charge in [-0.25, -0.2) is 17.5 Å². The second kappa shape index (κ2) is 8.99. The van der Waals surface area contributed by atoms with Gasteiger partial charge >= 0.3 is 5.97 Å². The van der Waals surface area contributed by atoms with E-state index in [-0.39, 0.29) is 26.9 Å². The summed E-state index contributed by atoms with van der Waals surface area (Å²) in [5, 5.41) is 13.1. The maximum atomic E-state index is 12.0. The van der Waals surface area contributed by atoms with Crippen molar-refractivity contribution in [3.05, 3.63) is 63.2 Å². The quantitative estimate of drug-likeness (QED) is 0.395. The van der Waals surface area contributed by atoms with Gasteiger partial charge in [0, 0.05) is 25.8 Å². The van der Waals surface area contributed by atoms with Crippen LogP contribution >= 0.6 is 11.6 Å². The highest BCUT2D eigenvalue weighted by atomic mass is 35.5. The summed E-state index contributed by atoms with van der Waals surface area (Å²) in [5.74, 6) is -1.56. The number of amides is 1. The van der Waals surface area contributed by atoms with E-state index >= 15 is 0 Å². The number of nitro groups is 1. The molecule has 0 spiro atoms. The Labute approximate surface area is 171 Å². The topological polar surface area (TPSA) is 136 Å². The van der Waals surface area contributed by atoms with Gasteiger partial charge in [0.1, 0.15) is 5.02 Å². The predicted molar refractivity (Wildman–Crippen MR) is 104 cm³/mol. The molecule has 0 heterocycles. The minimum absolute atomic E-state index is 0.00104. The number of ether oxygens (including phenoxy) is 1. The molecule has 2 aromatic rings. The molecule has 0 atom stereocenters. The second-order valence-corrected chi connectivity index (χ2v) is 8.42. The molecule has 0 aliphatic heterocycles. The number of nitrogens with one attached hydrogen (secondary N) is 1. The number of sulfonamides is 1. The number of halogens is 1. The Bertz CT molecular complexity index is 1050. The lowest BCUT2D eigenvalue weighted by Crippen LogP contribution is -2.22. The van der Waals surface area contributed by atoms with Gasteiger partial charge in [0.15, 0.2) is 6.61 Å². The van der Waals surface area contributed by atoms with Crippen LogP contribution in [0.3, 0.4) is 0 Å². The van der Waals surface area contributed by atoms with Crippen LogP contribution in [0.1, 0.15) is 10.4 Å². The van der Waals surface area contributed by atoms with Gasteiger partial charge in [0.05, 0.1) is 15.4 Å². The number of hydrogen-bond acceptors (Lipinski definition) is 7. The number of esters is 1. The van der Waals surface area contributed by atoms with Crippen molar-refractivity contribution in [3.63, 3.8) is 0 Å². The Morgan fingerprint density at radius 2 is 1.79 bits per heavy atom. The molecule has 0 unspecified atom stereocenters. The fourth-order valence-corrected chi connectivity index (χ4v) is 3.20. The first-order valence-corrected chi connectivity index (χ1v) is 9.77. The van der Waals surface area contributed by atoms with Gasteiger partial charge in [-0.2, -0.15) is 0 Å². The van der Waals surface area contributed by atoms with Crippen LogP contribution in [0.2, 0.25) is 5.02 Å². The van der Waals surface area contributed by atoms with Crippen molar-refractivity contribution < 1.29 is 27.7 Å². The summed E-state index contributed by atoms with van der Waals surface area (Å²) in [6.45, 7) is -0.646. The molecule has 0 aliphatic rings. The minimum Gasteiger partial charge on any atom is -0.452 e. The summed E-state index contributed by atoms with van der Waals surface area (Å²) in [6.07, 6.45) is 0. The Morgan fingerprint density at radius 3 is 2.34 bits per heavy atom. The first-order chi connectivity index (χ1) is 13.5. The molecule has 1 N–H and O–H groups in total. The highest BCUT2D eigenvalue weighted by molar-refractivity contribution is 7.89. The molecule has 29 heavy (non-hydrogen) atoms. The van der Waals surface area contributed by atoms with Gasteiger partial charge in [-0.1, -0.05) is 11.6 Å².